The van der Waals surface area contributed by atoms with Crippen LogP contribution in [0.4, 0.5) is 4.39 Å². The van der Waals surface area contributed by atoms with Crippen LogP contribution in [0.2, 0.25) is 0 Å². The Morgan fingerprint density at radius 2 is 1.80 bits per heavy atom. The van der Waals surface area contributed by atoms with Crippen molar-refractivity contribution in [3.63, 3.8) is 0 Å². The summed E-state index contributed by atoms with van der Waals surface area (Å²) in [4.78, 5) is 4.51. The average molecular weight is 546 g/mol. The molecule has 30 heavy (non-hydrogen) atoms. The van der Waals surface area contributed by atoms with Crippen molar-refractivity contribution >= 4 is 40.0 Å². The van der Waals surface area contributed by atoms with Gasteiger partial charge in [0.1, 0.15) is 5.82 Å². The highest BCUT2D eigenvalue weighted by molar-refractivity contribution is 14.0. The number of rotatable bonds is 7. The van der Waals surface area contributed by atoms with Crippen LogP contribution in [0.25, 0.3) is 0 Å². The Morgan fingerprint density at radius 3 is 2.33 bits per heavy atom. The molecule has 0 spiro atoms. The van der Waals surface area contributed by atoms with Gasteiger partial charge < -0.3 is 10.6 Å². The molecule has 0 unspecified atom stereocenters. The molecule has 1 aliphatic carbocycles. The lowest BCUT2D eigenvalue weighted by atomic mass is 9.96. The number of guanidine groups is 1. The van der Waals surface area contributed by atoms with E-state index in [4.69, 9.17) is 0 Å². The normalized spacial score (nSPS) is 15.4. The highest BCUT2D eigenvalue weighted by Gasteiger charge is 2.44. The smallest absolute Gasteiger partial charge is 0.242 e. The van der Waals surface area contributed by atoms with Crippen molar-refractivity contribution < 1.29 is 12.8 Å². The van der Waals surface area contributed by atoms with Gasteiger partial charge in [-0.1, -0.05) is 24.3 Å². The molecule has 0 heterocycles. The van der Waals surface area contributed by atoms with Crippen molar-refractivity contribution in [1.82, 2.24) is 14.9 Å². The quantitative estimate of drug-likeness (QED) is 0.318. The number of hydrogen-bond donors (Lipinski definition) is 2. The molecular weight excluding hydrogens is 518 g/mol. The Balaban J connectivity index is 0.00000320. The minimum atomic E-state index is -3.43. The standard InChI is InChI=1S/C21H27FN4O2S.HI/c1-23-20(25-15-21(11-12-21)17-5-4-6-18(22)13-17)24-14-16-7-9-19(10-8-16)29(27,28)26(2)3;/h4-10,13H,11-12,14-15H2,1-3H3,(H2,23,24,25);1H. The van der Waals surface area contributed by atoms with Crippen LogP contribution in [0.5, 0.6) is 0 Å². The summed E-state index contributed by atoms with van der Waals surface area (Å²) in [6.45, 7) is 1.19. The van der Waals surface area contributed by atoms with Crippen LogP contribution in [0.15, 0.2) is 58.4 Å². The second kappa shape index (κ2) is 10.1. The minimum Gasteiger partial charge on any atom is -0.356 e. The molecule has 3 rings (SSSR count). The largest absolute Gasteiger partial charge is 0.356 e. The number of nitrogens with zero attached hydrogens (tertiary/aromatic N) is 2. The molecular formula is C21H28FIN4O2S. The summed E-state index contributed by atoms with van der Waals surface area (Å²) >= 11 is 0. The van der Waals surface area contributed by atoms with Crippen LogP contribution in [0.3, 0.4) is 0 Å². The van der Waals surface area contributed by atoms with Crippen molar-refractivity contribution in [1.29, 1.82) is 0 Å². The molecule has 1 fully saturated rings. The van der Waals surface area contributed by atoms with Crippen LogP contribution in [-0.4, -0.2) is 46.4 Å². The van der Waals surface area contributed by atoms with Gasteiger partial charge in [0.05, 0.1) is 4.90 Å². The molecule has 2 aromatic rings. The van der Waals surface area contributed by atoms with Gasteiger partial charge in [-0.25, -0.2) is 17.1 Å². The van der Waals surface area contributed by atoms with Crippen LogP contribution in [0.1, 0.15) is 24.0 Å². The third-order valence-electron chi connectivity index (χ3n) is 5.27. The summed E-state index contributed by atoms with van der Waals surface area (Å²) in [6, 6.07) is 13.6. The molecule has 0 bridgehead atoms. The van der Waals surface area contributed by atoms with Gasteiger partial charge in [0.25, 0.3) is 0 Å². The van der Waals surface area contributed by atoms with E-state index in [1.165, 1.54) is 24.5 Å². The molecule has 0 atom stereocenters. The lowest BCUT2D eigenvalue weighted by Gasteiger charge is -2.19. The zero-order chi connectivity index (χ0) is 21.1. The van der Waals surface area contributed by atoms with Gasteiger partial charge in [-0.2, -0.15) is 0 Å². The van der Waals surface area contributed by atoms with E-state index >= 15 is 0 Å². The van der Waals surface area contributed by atoms with Gasteiger partial charge >= 0.3 is 0 Å². The zero-order valence-corrected chi connectivity index (χ0v) is 20.5. The fraction of sp³-hybridized carbons (Fsp3) is 0.381. The number of aliphatic imine (C=N–C) groups is 1. The number of sulfonamides is 1. The van der Waals surface area contributed by atoms with Gasteiger partial charge in [-0.3, -0.25) is 4.99 Å². The molecule has 6 nitrogen and oxygen atoms in total. The first-order valence-electron chi connectivity index (χ1n) is 9.49. The van der Waals surface area contributed by atoms with Crippen molar-refractivity contribution in [2.24, 2.45) is 4.99 Å². The van der Waals surface area contributed by atoms with E-state index in [2.05, 4.69) is 15.6 Å². The molecule has 2 N–H and O–H groups in total. The monoisotopic (exact) mass is 546 g/mol. The highest BCUT2D eigenvalue weighted by Crippen LogP contribution is 2.47. The number of nitrogens with one attached hydrogen (secondary N) is 2. The van der Waals surface area contributed by atoms with E-state index in [1.807, 2.05) is 6.07 Å². The predicted molar refractivity (Wildman–Crippen MR) is 128 cm³/mol. The molecule has 164 valence electrons. The molecule has 0 saturated heterocycles. The molecule has 9 heteroatoms. The fourth-order valence-corrected chi connectivity index (χ4v) is 4.09. The summed E-state index contributed by atoms with van der Waals surface area (Å²) in [5.41, 5.74) is 1.91. The second-order valence-electron chi connectivity index (χ2n) is 7.50. The fourth-order valence-electron chi connectivity index (χ4n) is 3.19. The molecule has 0 radical (unpaired) electrons. The van der Waals surface area contributed by atoms with Crippen molar-refractivity contribution in [3.05, 3.63) is 65.5 Å². The van der Waals surface area contributed by atoms with Crippen LogP contribution < -0.4 is 10.6 Å². The SMILES string of the molecule is CN=C(NCc1ccc(S(=O)(=O)N(C)C)cc1)NCC1(c2cccc(F)c2)CC1.I. The van der Waals surface area contributed by atoms with Gasteiger partial charge in [-0.05, 0) is 48.2 Å². The van der Waals surface area contributed by atoms with Crippen molar-refractivity contribution in [2.45, 2.75) is 29.7 Å². The third-order valence-corrected chi connectivity index (χ3v) is 7.10. The summed E-state index contributed by atoms with van der Waals surface area (Å²) in [7, 11) is 1.29. The highest BCUT2D eigenvalue weighted by atomic mass is 127. The molecule has 0 amide bonds. The summed E-state index contributed by atoms with van der Waals surface area (Å²) in [5.74, 6) is 0.439. The van der Waals surface area contributed by atoms with Gasteiger partial charge in [0.15, 0.2) is 5.96 Å². The first-order valence-corrected chi connectivity index (χ1v) is 10.9. The summed E-state index contributed by atoms with van der Waals surface area (Å²) < 4.78 is 39.0. The van der Waals surface area contributed by atoms with E-state index in [1.54, 1.807) is 43.4 Å². The van der Waals surface area contributed by atoms with Crippen molar-refractivity contribution in [3.8, 4) is 0 Å². The summed E-state index contributed by atoms with van der Waals surface area (Å²) in [6.07, 6.45) is 2.03. The predicted octanol–water partition coefficient (Wildman–Crippen LogP) is 3.09. The first kappa shape index (κ1) is 24.5. The number of halogens is 2. The molecule has 1 aliphatic rings. The lowest BCUT2D eigenvalue weighted by Crippen LogP contribution is -2.40. The van der Waals surface area contributed by atoms with Crippen LogP contribution >= 0.6 is 24.0 Å². The van der Waals surface area contributed by atoms with E-state index in [-0.39, 0.29) is 40.1 Å². The number of hydrogen-bond acceptors (Lipinski definition) is 3. The Labute approximate surface area is 195 Å². The maximum absolute atomic E-state index is 13.5. The van der Waals surface area contributed by atoms with Gasteiger partial charge in [-0.15, -0.1) is 24.0 Å². The van der Waals surface area contributed by atoms with E-state index in [0.717, 1.165) is 24.0 Å². The van der Waals surface area contributed by atoms with E-state index < -0.39 is 10.0 Å². The second-order valence-corrected chi connectivity index (χ2v) is 9.65. The topological polar surface area (TPSA) is 73.8 Å². The molecule has 1 saturated carbocycles. The molecule has 0 aliphatic heterocycles. The van der Waals surface area contributed by atoms with Crippen molar-refractivity contribution in [2.75, 3.05) is 27.7 Å². The minimum absolute atomic E-state index is 0. The Morgan fingerprint density at radius 1 is 1.13 bits per heavy atom. The Kier molecular flexibility index (Phi) is 8.23. The molecule has 2 aromatic carbocycles. The first-order chi connectivity index (χ1) is 13.8. The zero-order valence-electron chi connectivity index (χ0n) is 17.4. The summed E-state index contributed by atoms with van der Waals surface area (Å²) in [5, 5.41) is 6.56. The van der Waals surface area contributed by atoms with Crippen LogP contribution in [-0.2, 0) is 22.0 Å². The average Bonchev–Trinajstić information content (AvgIpc) is 3.49. The van der Waals surface area contributed by atoms with E-state index in [9.17, 15) is 12.8 Å². The third kappa shape index (κ3) is 5.70. The van der Waals surface area contributed by atoms with E-state index in [0.29, 0.717) is 19.0 Å². The number of benzene rings is 2. The van der Waals surface area contributed by atoms with Gasteiger partial charge in [0.2, 0.25) is 10.0 Å². The van der Waals surface area contributed by atoms with Crippen LogP contribution in [0, 0.1) is 5.82 Å². The lowest BCUT2D eigenvalue weighted by molar-refractivity contribution is 0.520. The molecule has 0 aromatic heterocycles. The van der Waals surface area contributed by atoms with Gasteiger partial charge in [0, 0.05) is 39.6 Å². The Hall–Kier alpha value is -1.72. The Bertz CT molecular complexity index is 990. The maximum Gasteiger partial charge on any atom is 0.242 e. The maximum atomic E-state index is 13.5.